The fourth-order valence-corrected chi connectivity index (χ4v) is 5.49. The summed E-state index contributed by atoms with van der Waals surface area (Å²) in [5.41, 5.74) is 6.02. The molecule has 1 aliphatic rings. The number of rotatable bonds is 9. The van der Waals surface area contributed by atoms with Gasteiger partial charge in [-0.15, -0.1) is 0 Å². The molecule has 0 saturated carbocycles. The van der Waals surface area contributed by atoms with Gasteiger partial charge in [-0.1, -0.05) is 45.0 Å². The third-order valence-electron chi connectivity index (χ3n) is 8.05. The van der Waals surface area contributed by atoms with Crippen LogP contribution in [0, 0.1) is 29.9 Å². The Labute approximate surface area is 245 Å². The van der Waals surface area contributed by atoms with Crippen molar-refractivity contribution in [3.05, 3.63) is 95.2 Å². The third kappa shape index (κ3) is 6.69. The summed E-state index contributed by atoms with van der Waals surface area (Å²) in [5, 5.41) is 3.09. The number of pyridine rings is 2. The van der Waals surface area contributed by atoms with Gasteiger partial charge < -0.3 is 15.0 Å². The number of hydrogen-bond donors (Lipinski definition) is 1. The third-order valence-corrected chi connectivity index (χ3v) is 8.05. The standard InChI is InChI=1S/C34H37F3N4O/c1-5-27-22(2)39-33(40-29-20-30(37)38-21-28(29)36)31(32(27)41-17-15-34(3,4)16-18-41)24-8-12-26(13-9-24)42-19-14-23-6-10-25(35)11-7-23/h6-13,20-21H,5,14-19H2,1-4H3,(H,38,39,40). The lowest BCUT2D eigenvalue weighted by Crippen LogP contribution is -2.38. The highest BCUT2D eigenvalue weighted by Crippen LogP contribution is 2.44. The quantitative estimate of drug-likeness (QED) is 0.203. The van der Waals surface area contributed by atoms with E-state index < -0.39 is 11.8 Å². The maximum Gasteiger partial charge on any atom is 0.215 e. The number of aryl methyl sites for hydroxylation is 1. The molecule has 3 heterocycles. The predicted octanol–water partition coefficient (Wildman–Crippen LogP) is 8.42. The van der Waals surface area contributed by atoms with E-state index in [2.05, 4.69) is 36.0 Å². The van der Waals surface area contributed by atoms with Gasteiger partial charge in [0.2, 0.25) is 5.95 Å². The first-order chi connectivity index (χ1) is 20.1. The van der Waals surface area contributed by atoms with Gasteiger partial charge in [-0.05, 0) is 72.6 Å². The highest BCUT2D eigenvalue weighted by Gasteiger charge is 2.30. The van der Waals surface area contributed by atoms with E-state index in [1.807, 2.05) is 31.2 Å². The van der Waals surface area contributed by atoms with Crippen molar-refractivity contribution < 1.29 is 17.9 Å². The number of benzene rings is 2. The van der Waals surface area contributed by atoms with E-state index in [0.717, 1.165) is 78.3 Å². The minimum Gasteiger partial charge on any atom is -0.493 e. The lowest BCUT2D eigenvalue weighted by Gasteiger charge is -2.40. The lowest BCUT2D eigenvalue weighted by molar-refractivity contribution is 0.279. The van der Waals surface area contributed by atoms with Crippen molar-refractivity contribution in [3.8, 4) is 16.9 Å². The van der Waals surface area contributed by atoms with Gasteiger partial charge in [0.15, 0.2) is 5.82 Å². The highest BCUT2D eigenvalue weighted by molar-refractivity contribution is 5.91. The van der Waals surface area contributed by atoms with Crippen molar-refractivity contribution in [2.45, 2.75) is 53.4 Å². The first kappa shape index (κ1) is 29.4. The molecule has 2 aromatic heterocycles. The molecule has 1 N–H and O–H groups in total. The van der Waals surface area contributed by atoms with Gasteiger partial charge >= 0.3 is 0 Å². The molecule has 1 aliphatic heterocycles. The van der Waals surface area contributed by atoms with E-state index in [-0.39, 0.29) is 16.9 Å². The Morgan fingerprint density at radius 1 is 0.976 bits per heavy atom. The molecule has 0 radical (unpaired) electrons. The molecule has 2 aromatic carbocycles. The van der Waals surface area contributed by atoms with Crippen molar-refractivity contribution in [3.63, 3.8) is 0 Å². The second-order valence-electron chi connectivity index (χ2n) is 11.6. The van der Waals surface area contributed by atoms with Gasteiger partial charge in [0, 0.05) is 36.8 Å². The normalized spacial score (nSPS) is 14.6. The van der Waals surface area contributed by atoms with E-state index in [1.165, 1.54) is 12.1 Å². The van der Waals surface area contributed by atoms with Crippen LogP contribution in [0.25, 0.3) is 11.1 Å². The average Bonchev–Trinajstić information content (AvgIpc) is 2.96. The number of hydrogen-bond acceptors (Lipinski definition) is 5. The molecule has 42 heavy (non-hydrogen) atoms. The number of nitrogens with one attached hydrogen (secondary N) is 1. The summed E-state index contributed by atoms with van der Waals surface area (Å²) in [6, 6.07) is 15.2. The maximum absolute atomic E-state index is 14.7. The number of nitrogens with zero attached hydrogens (tertiary/aromatic N) is 3. The number of piperidine rings is 1. The minimum atomic E-state index is -0.775. The molecule has 0 amide bonds. The Hall–Kier alpha value is -4.07. The zero-order valence-corrected chi connectivity index (χ0v) is 24.6. The maximum atomic E-state index is 14.7. The van der Waals surface area contributed by atoms with Crippen molar-refractivity contribution in [1.82, 2.24) is 9.97 Å². The van der Waals surface area contributed by atoms with Gasteiger partial charge in [0.05, 0.1) is 24.2 Å². The van der Waals surface area contributed by atoms with Crippen LogP contribution in [0.2, 0.25) is 0 Å². The van der Waals surface area contributed by atoms with E-state index in [4.69, 9.17) is 9.72 Å². The van der Waals surface area contributed by atoms with Crippen LogP contribution in [0.3, 0.4) is 0 Å². The Morgan fingerprint density at radius 3 is 2.33 bits per heavy atom. The van der Waals surface area contributed by atoms with E-state index in [1.54, 1.807) is 12.1 Å². The summed E-state index contributed by atoms with van der Waals surface area (Å²) < 4.78 is 47.9. The number of ether oxygens (including phenoxy) is 1. The molecular weight excluding hydrogens is 537 g/mol. The molecule has 0 atom stereocenters. The van der Waals surface area contributed by atoms with Crippen LogP contribution in [0.1, 0.15) is 50.4 Å². The zero-order valence-electron chi connectivity index (χ0n) is 24.6. The van der Waals surface area contributed by atoms with Crippen LogP contribution in [0.4, 0.5) is 30.4 Å². The number of halogens is 3. The minimum absolute atomic E-state index is 0.0219. The van der Waals surface area contributed by atoms with Crippen molar-refractivity contribution in [2.24, 2.45) is 5.41 Å². The summed E-state index contributed by atoms with van der Waals surface area (Å²) in [6.07, 6.45) is 4.40. The molecule has 8 heteroatoms. The molecule has 0 spiro atoms. The van der Waals surface area contributed by atoms with Crippen molar-refractivity contribution in [2.75, 3.05) is 29.9 Å². The zero-order chi connectivity index (χ0) is 29.9. The summed E-state index contributed by atoms with van der Waals surface area (Å²) in [5.74, 6) is -0.533. The summed E-state index contributed by atoms with van der Waals surface area (Å²) in [6.45, 7) is 10.9. The Kier molecular flexibility index (Phi) is 8.71. The molecule has 0 unspecified atom stereocenters. The second-order valence-corrected chi connectivity index (χ2v) is 11.6. The summed E-state index contributed by atoms with van der Waals surface area (Å²) in [4.78, 5) is 10.7. The molecule has 1 saturated heterocycles. The van der Waals surface area contributed by atoms with Crippen molar-refractivity contribution >= 4 is 17.2 Å². The van der Waals surface area contributed by atoms with Crippen LogP contribution >= 0.6 is 0 Å². The monoisotopic (exact) mass is 574 g/mol. The molecule has 0 bridgehead atoms. The van der Waals surface area contributed by atoms with Crippen LogP contribution < -0.4 is 15.0 Å². The first-order valence-corrected chi connectivity index (χ1v) is 14.5. The predicted molar refractivity (Wildman–Crippen MR) is 162 cm³/mol. The Bertz CT molecular complexity index is 1530. The van der Waals surface area contributed by atoms with Gasteiger partial charge in [0.1, 0.15) is 17.4 Å². The fraction of sp³-hybridized carbons (Fsp3) is 0.353. The number of anilines is 3. The van der Waals surface area contributed by atoms with Gasteiger partial charge in [-0.25, -0.2) is 18.7 Å². The molecule has 1 fully saturated rings. The summed E-state index contributed by atoms with van der Waals surface area (Å²) >= 11 is 0. The Morgan fingerprint density at radius 2 is 1.67 bits per heavy atom. The van der Waals surface area contributed by atoms with Crippen LogP contribution in [0.15, 0.2) is 60.8 Å². The van der Waals surface area contributed by atoms with E-state index in [9.17, 15) is 13.2 Å². The SMILES string of the molecule is CCc1c(C)nc(Nc2cc(F)ncc2F)c(-c2ccc(OCCc3ccc(F)cc3)cc2)c1N1CCC(C)(C)CC1. The van der Waals surface area contributed by atoms with E-state index >= 15 is 0 Å². The van der Waals surface area contributed by atoms with Crippen LogP contribution in [-0.4, -0.2) is 29.7 Å². The lowest BCUT2D eigenvalue weighted by atomic mass is 9.82. The highest BCUT2D eigenvalue weighted by atomic mass is 19.1. The van der Waals surface area contributed by atoms with Crippen molar-refractivity contribution in [1.29, 1.82) is 0 Å². The molecule has 4 aromatic rings. The topological polar surface area (TPSA) is 50.3 Å². The first-order valence-electron chi connectivity index (χ1n) is 14.5. The van der Waals surface area contributed by atoms with Gasteiger partial charge in [0.25, 0.3) is 0 Å². The fourth-order valence-electron chi connectivity index (χ4n) is 5.49. The van der Waals surface area contributed by atoms with Gasteiger partial charge in [-0.3, -0.25) is 0 Å². The number of aromatic nitrogens is 2. The molecular formula is C34H37F3N4O. The molecule has 220 valence electrons. The van der Waals surface area contributed by atoms with Crippen LogP contribution in [-0.2, 0) is 12.8 Å². The summed E-state index contributed by atoms with van der Waals surface area (Å²) in [7, 11) is 0. The van der Waals surface area contributed by atoms with E-state index in [0.29, 0.717) is 24.6 Å². The Balaban J connectivity index is 1.52. The molecule has 5 rings (SSSR count). The second kappa shape index (κ2) is 12.4. The van der Waals surface area contributed by atoms with Gasteiger partial charge in [-0.2, -0.15) is 4.39 Å². The smallest absolute Gasteiger partial charge is 0.215 e. The van der Waals surface area contributed by atoms with Crippen LogP contribution in [0.5, 0.6) is 5.75 Å². The average molecular weight is 575 g/mol. The largest absolute Gasteiger partial charge is 0.493 e. The molecule has 5 nitrogen and oxygen atoms in total. The molecule has 0 aliphatic carbocycles.